The second-order valence-corrected chi connectivity index (χ2v) is 13.3. The molecule has 0 saturated heterocycles. The molecule has 4 nitrogen and oxygen atoms in total. The van der Waals surface area contributed by atoms with Crippen LogP contribution in [-0.2, 0) is 4.79 Å². The molecule has 0 heterocycles. The van der Waals surface area contributed by atoms with Crippen LogP contribution in [-0.4, -0.2) is 34.9 Å². The summed E-state index contributed by atoms with van der Waals surface area (Å²) in [4.78, 5) is 12.3. The smallest absolute Gasteiger partial charge is 0.220 e. The van der Waals surface area contributed by atoms with Gasteiger partial charge in [-0.25, -0.2) is 0 Å². The lowest BCUT2D eigenvalue weighted by atomic mass is 10.1. The molecule has 2 unspecified atom stereocenters. The van der Waals surface area contributed by atoms with E-state index < -0.39 is 12.1 Å². The maximum Gasteiger partial charge on any atom is 0.220 e. The number of hydrogen-bond acceptors (Lipinski definition) is 3. The fourth-order valence-electron chi connectivity index (χ4n) is 5.61. The van der Waals surface area contributed by atoms with Gasteiger partial charge in [0.2, 0.25) is 5.91 Å². The number of rotatable bonds is 35. The molecule has 0 spiro atoms. The Hall–Kier alpha value is -1.91. The molecule has 0 aliphatic carbocycles. The predicted molar refractivity (Wildman–Crippen MR) is 207 cm³/mol. The van der Waals surface area contributed by atoms with Crippen molar-refractivity contribution in [3.63, 3.8) is 0 Å². The first-order valence-electron chi connectivity index (χ1n) is 20.0. The van der Waals surface area contributed by atoms with Gasteiger partial charge >= 0.3 is 0 Å². The predicted octanol–water partition coefficient (Wildman–Crippen LogP) is 12.2. The fraction of sp³-hybridized carbons (Fsp3) is 0.744. The van der Waals surface area contributed by atoms with Crippen molar-refractivity contribution in [2.45, 2.75) is 199 Å². The fourth-order valence-corrected chi connectivity index (χ4v) is 5.61. The average Bonchev–Trinajstić information content (AvgIpc) is 3.07. The number of hydrogen-bond donors (Lipinski definition) is 3. The third kappa shape index (κ3) is 35.2. The van der Waals surface area contributed by atoms with Crippen LogP contribution in [0.25, 0.3) is 0 Å². The van der Waals surface area contributed by atoms with Crippen LogP contribution >= 0.6 is 0 Å². The SMILES string of the molecule is CCCCCCC/C=C\C/C=C\C/C=C\CCCCCCCCCCC(=O)NC(CO)C(O)/C=C/CC/C=C/CCCCCCCC. The summed E-state index contributed by atoms with van der Waals surface area (Å²) in [6.07, 6.45) is 53.1. The summed E-state index contributed by atoms with van der Waals surface area (Å²) in [6, 6.07) is -0.643. The van der Waals surface area contributed by atoms with E-state index in [4.69, 9.17) is 0 Å². The number of aliphatic hydroxyl groups is 2. The van der Waals surface area contributed by atoms with Gasteiger partial charge in [-0.05, 0) is 70.6 Å². The Balaban J connectivity index is 3.65. The van der Waals surface area contributed by atoms with Crippen LogP contribution in [0.1, 0.15) is 187 Å². The minimum atomic E-state index is -0.865. The van der Waals surface area contributed by atoms with Crippen molar-refractivity contribution in [2.24, 2.45) is 0 Å². The number of carbonyl (C=O) groups excluding carboxylic acids is 1. The molecule has 1 amide bonds. The molecule has 0 radical (unpaired) electrons. The monoisotopic (exact) mass is 656 g/mol. The van der Waals surface area contributed by atoms with Crippen LogP contribution in [0.4, 0.5) is 0 Å². The highest BCUT2D eigenvalue weighted by Gasteiger charge is 2.17. The lowest BCUT2D eigenvalue weighted by Crippen LogP contribution is -2.45. The quantitative estimate of drug-likeness (QED) is 0.0470. The van der Waals surface area contributed by atoms with Crippen LogP contribution in [0, 0.1) is 0 Å². The molecule has 0 aliphatic rings. The van der Waals surface area contributed by atoms with Gasteiger partial charge in [0.15, 0.2) is 0 Å². The van der Waals surface area contributed by atoms with Crippen molar-refractivity contribution in [1.82, 2.24) is 5.32 Å². The number of aliphatic hydroxyl groups excluding tert-OH is 2. The maximum absolute atomic E-state index is 12.3. The maximum atomic E-state index is 12.3. The van der Waals surface area contributed by atoms with E-state index in [-0.39, 0.29) is 12.5 Å². The van der Waals surface area contributed by atoms with E-state index in [0.29, 0.717) is 6.42 Å². The van der Waals surface area contributed by atoms with Crippen LogP contribution in [0.15, 0.2) is 60.8 Å². The number of allylic oxidation sites excluding steroid dienone is 9. The van der Waals surface area contributed by atoms with E-state index >= 15 is 0 Å². The summed E-state index contributed by atoms with van der Waals surface area (Å²) < 4.78 is 0. The van der Waals surface area contributed by atoms with Gasteiger partial charge in [-0.1, -0.05) is 171 Å². The first-order valence-corrected chi connectivity index (χ1v) is 20.0. The van der Waals surface area contributed by atoms with E-state index in [0.717, 1.165) is 51.4 Å². The van der Waals surface area contributed by atoms with Gasteiger partial charge in [0, 0.05) is 6.42 Å². The molecule has 0 aromatic carbocycles. The van der Waals surface area contributed by atoms with Gasteiger partial charge in [-0.3, -0.25) is 4.79 Å². The van der Waals surface area contributed by atoms with Gasteiger partial charge in [0.05, 0.1) is 18.8 Å². The summed E-state index contributed by atoms with van der Waals surface area (Å²) in [5.41, 5.74) is 0. The van der Waals surface area contributed by atoms with E-state index in [1.807, 2.05) is 6.08 Å². The Morgan fingerprint density at radius 2 is 0.894 bits per heavy atom. The van der Waals surface area contributed by atoms with Crippen LogP contribution in [0.5, 0.6) is 0 Å². The molecule has 0 rings (SSSR count). The standard InChI is InChI=1S/C43H77NO3/c1-3-5-7-9-11-13-15-17-18-19-20-21-22-23-24-25-26-27-29-31-33-35-37-39-43(47)44-41(40-45)42(46)38-36-34-32-30-28-16-14-12-10-8-6-4-2/h15,17,19-20,22-23,28,30,36,38,41-42,45-46H,3-14,16,18,21,24-27,29,31-35,37,39-40H2,1-2H3,(H,44,47)/b17-15-,20-19-,23-22-,30-28+,38-36+. The van der Waals surface area contributed by atoms with E-state index in [1.54, 1.807) is 6.08 Å². The third-order valence-electron chi connectivity index (χ3n) is 8.72. The second kappa shape index (κ2) is 38.5. The van der Waals surface area contributed by atoms with Gasteiger partial charge < -0.3 is 15.5 Å². The summed E-state index contributed by atoms with van der Waals surface area (Å²) in [5, 5.41) is 22.9. The second-order valence-electron chi connectivity index (χ2n) is 13.3. The van der Waals surface area contributed by atoms with Crippen molar-refractivity contribution in [2.75, 3.05) is 6.61 Å². The number of unbranched alkanes of at least 4 members (excludes halogenated alkanes) is 20. The lowest BCUT2D eigenvalue weighted by Gasteiger charge is -2.19. The molecular formula is C43H77NO3. The average molecular weight is 656 g/mol. The summed E-state index contributed by atoms with van der Waals surface area (Å²) >= 11 is 0. The first-order chi connectivity index (χ1) is 23.2. The van der Waals surface area contributed by atoms with Gasteiger partial charge in [0.25, 0.3) is 0 Å². The van der Waals surface area contributed by atoms with Crippen molar-refractivity contribution >= 4 is 5.91 Å². The Kier molecular flexibility index (Phi) is 37.0. The van der Waals surface area contributed by atoms with Crippen molar-refractivity contribution in [3.8, 4) is 0 Å². The van der Waals surface area contributed by atoms with Crippen molar-refractivity contribution < 1.29 is 15.0 Å². The molecule has 0 bridgehead atoms. The molecule has 4 heteroatoms. The van der Waals surface area contributed by atoms with Crippen LogP contribution in [0.2, 0.25) is 0 Å². The molecular weight excluding hydrogens is 578 g/mol. The lowest BCUT2D eigenvalue weighted by molar-refractivity contribution is -0.123. The number of carbonyl (C=O) groups is 1. The molecule has 47 heavy (non-hydrogen) atoms. The molecule has 0 aromatic heterocycles. The van der Waals surface area contributed by atoms with Crippen molar-refractivity contribution in [1.29, 1.82) is 0 Å². The third-order valence-corrected chi connectivity index (χ3v) is 8.72. The van der Waals surface area contributed by atoms with Gasteiger partial charge in [-0.15, -0.1) is 0 Å². The molecule has 0 aliphatic heterocycles. The summed E-state index contributed by atoms with van der Waals surface area (Å²) in [6.45, 7) is 4.25. The Labute approximate surface area is 292 Å². The Bertz CT molecular complexity index is 797. The van der Waals surface area contributed by atoms with Crippen LogP contribution in [0.3, 0.4) is 0 Å². The van der Waals surface area contributed by atoms with E-state index in [2.05, 4.69) is 67.8 Å². The zero-order valence-electron chi connectivity index (χ0n) is 31.0. The molecule has 0 aromatic rings. The molecule has 272 valence electrons. The van der Waals surface area contributed by atoms with Crippen molar-refractivity contribution in [3.05, 3.63) is 60.8 Å². The first kappa shape index (κ1) is 45.1. The summed E-state index contributed by atoms with van der Waals surface area (Å²) in [7, 11) is 0. The van der Waals surface area contributed by atoms with Crippen LogP contribution < -0.4 is 5.32 Å². The molecule has 2 atom stereocenters. The molecule has 3 N–H and O–H groups in total. The minimum Gasteiger partial charge on any atom is -0.394 e. The molecule has 0 saturated carbocycles. The number of nitrogens with one attached hydrogen (secondary N) is 1. The zero-order chi connectivity index (χ0) is 34.3. The highest BCUT2D eigenvalue weighted by atomic mass is 16.3. The minimum absolute atomic E-state index is 0.0852. The largest absolute Gasteiger partial charge is 0.394 e. The van der Waals surface area contributed by atoms with E-state index in [1.165, 1.54) is 116 Å². The van der Waals surface area contributed by atoms with Gasteiger partial charge in [0.1, 0.15) is 0 Å². The van der Waals surface area contributed by atoms with E-state index in [9.17, 15) is 15.0 Å². The van der Waals surface area contributed by atoms with Gasteiger partial charge in [-0.2, -0.15) is 0 Å². The highest BCUT2D eigenvalue weighted by molar-refractivity contribution is 5.76. The zero-order valence-corrected chi connectivity index (χ0v) is 31.0. The summed E-state index contributed by atoms with van der Waals surface area (Å²) in [5.74, 6) is -0.0852. The highest BCUT2D eigenvalue weighted by Crippen LogP contribution is 2.12. The normalized spacial score (nSPS) is 13.7. The molecule has 0 fully saturated rings. The Morgan fingerprint density at radius 1 is 0.511 bits per heavy atom. The topological polar surface area (TPSA) is 69.6 Å². The number of amides is 1. The Morgan fingerprint density at radius 3 is 1.38 bits per heavy atom.